The number of benzene rings is 6. The van der Waals surface area contributed by atoms with Gasteiger partial charge in [0.1, 0.15) is 45.9 Å². The van der Waals surface area contributed by atoms with Gasteiger partial charge in [0, 0.05) is 33.9 Å². The molecule has 0 radical (unpaired) electrons. The van der Waals surface area contributed by atoms with E-state index in [1.54, 1.807) is 72.8 Å². The number of hydrogen-bond donors (Lipinski definition) is 0. The van der Waals surface area contributed by atoms with Crippen LogP contribution in [0.3, 0.4) is 0 Å². The van der Waals surface area contributed by atoms with E-state index in [9.17, 15) is 51.9 Å². The van der Waals surface area contributed by atoms with Crippen molar-refractivity contribution in [1.82, 2.24) is 19.9 Å². The molecular weight excluding hydrogens is 1070 g/mol. The largest absolute Gasteiger partial charge is 1.00 e. The summed E-state index contributed by atoms with van der Waals surface area (Å²) in [5.74, 6) is 0. The molecule has 16 nitrogen and oxygen atoms in total. The Labute approximate surface area is 512 Å². The molecule has 0 saturated carbocycles. The van der Waals surface area contributed by atoms with E-state index in [0.717, 1.165) is 36.4 Å². The third kappa shape index (κ3) is 9.61. The molecule has 0 unspecified atom stereocenters. The second-order valence-corrected chi connectivity index (χ2v) is 22.1. The topological polar surface area (TPSA) is 280 Å². The predicted octanol–water partition coefficient (Wildman–Crippen LogP) is -5.41. The van der Waals surface area contributed by atoms with Gasteiger partial charge >= 0.3 is 118 Å². The van der Waals surface area contributed by atoms with Gasteiger partial charge in [0.05, 0.1) is 58.5 Å². The summed E-state index contributed by atoms with van der Waals surface area (Å²) < 4.78 is 154. The van der Waals surface area contributed by atoms with Crippen LogP contribution in [0.2, 0.25) is 0 Å². The fourth-order valence-electron chi connectivity index (χ4n) is 10.0. The smallest absolute Gasteiger partial charge is 0.744 e. The molecule has 74 heavy (non-hydrogen) atoms. The standard InChI is InChI=1S/C50H32N4O12S4.4Na/c55-67(56,57)35-9-1-5-31(25-35)49(32-6-2-10-36(26-32)68(58,59)60)41-21-23-51-47-39(41)17-13-29-15-19-43(53-45(29)47)50(33-7-3-11-37(27-33)69(61,62)63,34-8-4-12-38(28-34)70(64,65)66)44-20-16-30-14-18-40-42(49)22-24-52-48(40)46(30)54-44;;;;/h1-28H,(H,55,56,57)(H,58,59,60)(H,61,62,63)(H,64,65,66);;;;/q;4*+1/p-4. The van der Waals surface area contributed by atoms with E-state index in [4.69, 9.17) is 19.9 Å². The molecule has 4 aromatic heterocycles. The summed E-state index contributed by atoms with van der Waals surface area (Å²) in [6.07, 6.45) is 2.91. The Hall–Kier alpha value is -3.40. The monoisotopic (exact) mass is 1100 g/mol. The van der Waals surface area contributed by atoms with Gasteiger partial charge in [0.25, 0.3) is 0 Å². The Balaban J connectivity index is 0.00000200. The van der Waals surface area contributed by atoms with Crippen molar-refractivity contribution < 1.29 is 170 Å². The fraction of sp³-hybridized carbons (Fsp3) is 0.0400. The maximum atomic E-state index is 12.9. The summed E-state index contributed by atoms with van der Waals surface area (Å²) in [6, 6.07) is 37.5. The number of rotatable bonds is 8. The zero-order chi connectivity index (χ0) is 49.2. The molecule has 11 rings (SSSR count). The molecule has 0 spiro atoms. The van der Waals surface area contributed by atoms with Crippen LogP contribution < -0.4 is 118 Å². The minimum Gasteiger partial charge on any atom is -0.744 e. The minimum atomic E-state index is -5.13. The van der Waals surface area contributed by atoms with Crippen molar-refractivity contribution >= 4 is 84.1 Å². The molecule has 1 aliphatic heterocycles. The van der Waals surface area contributed by atoms with Crippen LogP contribution >= 0.6 is 0 Å². The van der Waals surface area contributed by atoms with Crippen molar-refractivity contribution in [2.24, 2.45) is 0 Å². The van der Waals surface area contributed by atoms with Gasteiger partial charge in [-0.25, -0.2) is 43.6 Å². The van der Waals surface area contributed by atoms with E-state index in [-0.39, 0.29) is 174 Å². The Morgan fingerprint density at radius 2 is 0.635 bits per heavy atom. The maximum absolute atomic E-state index is 12.9. The van der Waals surface area contributed by atoms with Gasteiger partial charge < -0.3 is 18.2 Å². The third-order valence-electron chi connectivity index (χ3n) is 12.9. The first-order valence-electron chi connectivity index (χ1n) is 20.8. The minimum absolute atomic E-state index is 0. The number of aromatic nitrogens is 4. The van der Waals surface area contributed by atoms with Crippen molar-refractivity contribution in [1.29, 1.82) is 0 Å². The van der Waals surface area contributed by atoms with Crippen molar-refractivity contribution in [2.75, 3.05) is 0 Å². The molecule has 0 fully saturated rings. The molecule has 0 amide bonds. The van der Waals surface area contributed by atoms with Crippen LogP contribution in [0.25, 0.3) is 43.6 Å². The molecule has 348 valence electrons. The van der Waals surface area contributed by atoms with Gasteiger partial charge in [-0.1, -0.05) is 84.9 Å². The van der Waals surface area contributed by atoms with Crippen LogP contribution in [-0.2, 0) is 51.3 Å². The van der Waals surface area contributed by atoms with Crippen LogP contribution in [0.1, 0.15) is 44.8 Å². The zero-order valence-corrected chi connectivity index (χ0v) is 50.8. The molecule has 5 heterocycles. The molecule has 10 bridgehead atoms. The van der Waals surface area contributed by atoms with E-state index in [1.807, 2.05) is 0 Å². The van der Waals surface area contributed by atoms with Crippen molar-refractivity contribution in [3.8, 4) is 0 Å². The first kappa shape index (κ1) is 58.3. The van der Waals surface area contributed by atoms with E-state index < -0.39 is 70.9 Å². The second kappa shape index (κ2) is 21.1. The normalized spacial score (nSPS) is 13.9. The van der Waals surface area contributed by atoms with Crippen LogP contribution in [0.4, 0.5) is 0 Å². The SMILES string of the molecule is O=S(=O)([O-])c1cccc(C2(c3cccc(S(=O)(=O)[O-])c3)c3ccc4ccc5c(ccnc5c4n3)C(c3cccc(S(=O)(=O)[O-])c3)(c3cccc(S(=O)(=O)[O-])c3)c3ccnc4c3ccc3ccc2nc34)c1.[Na+].[Na+].[Na+].[Na+]. The predicted molar refractivity (Wildman–Crippen MR) is 250 cm³/mol. The molecular formula is C50H28N4Na4O12S4. The molecule has 6 aromatic carbocycles. The Morgan fingerprint density at radius 1 is 0.338 bits per heavy atom. The first-order valence-corrected chi connectivity index (χ1v) is 26.5. The summed E-state index contributed by atoms with van der Waals surface area (Å²) in [5.41, 5.74) is -1.61. The third-order valence-corrected chi connectivity index (χ3v) is 16.3. The Morgan fingerprint density at radius 3 is 0.946 bits per heavy atom. The summed E-state index contributed by atoms with van der Waals surface area (Å²) in [7, 11) is -20.5. The molecule has 0 saturated heterocycles. The van der Waals surface area contributed by atoms with E-state index in [2.05, 4.69) is 0 Å². The van der Waals surface area contributed by atoms with E-state index >= 15 is 0 Å². The van der Waals surface area contributed by atoms with Gasteiger partial charge in [-0.05, 0) is 106 Å². The van der Waals surface area contributed by atoms with Gasteiger partial charge in [-0.15, -0.1) is 0 Å². The number of fused-ring (bicyclic) bond motifs is 2. The van der Waals surface area contributed by atoms with E-state index in [1.165, 1.54) is 60.9 Å². The van der Waals surface area contributed by atoms with Crippen LogP contribution in [0, 0.1) is 0 Å². The number of nitrogens with zero attached hydrogens (tertiary/aromatic N) is 4. The Bertz CT molecular complexity index is 4140. The molecule has 0 aliphatic carbocycles. The summed E-state index contributed by atoms with van der Waals surface area (Å²) >= 11 is 0. The van der Waals surface area contributed by atoms with Gasteiger partial charge in [-0.2, -0.15) is 0 Å². The molecule has 0 atom stereocenters. The maximum Gasteiger partial charge on any atom is 1.00 e. The van der Waals surface area contributed by atoms with Crippen molar-refractivity contribution in [2.45, 2.75) is 30.4 Å². The molecule has 10 aromatic rings. The first-order chi connectivity index (χ1) is 33.2. The second-order valence-electron chi connectivity index (χ2n) is 16.6. The van der Waals surface area contributed by atoms with E-state index in [0.29, 0.717) is 32.7 Å². The van der Waals surface area contributed by atoms with Crippen molar-refractivity contribution in [3.63, 3.8) is 0 Å². The van der Waals surface area contributed by atoms with Gasteiger partial charge in [0.15, 0.2) is 0 Å². The quantitative estimate of drug-likeness (QED) is 0.0780. The number of pyridine rings is 4. The Kier molecular flexibility index (Phi) is 16.6. The summed E-state index contributed by atoms with van der Waals surface area (Å²) in [4.78, 5) is 17.7. The molecule has 24 heteroatoms. The average molecular weight is 1100 g/mol. The molecule has 1 aliphatic rings. The van der Waals surface area contributed by atoms with Crippen LogP contribution in [0.15, 0.2) is 190 Å². The van der Waals surface area contributed by atoms with Crippen LogP contribution in [0.5, 0.6) is 0 Å². The van der Waals surface area contributed by atoms with Crippen LogP contribution in [-0.4, -0.2) is 71.8 Å². The number of hydrogen-bond acceptors (Lipinski definition) is 16. The van der Waals surface area contributed by atoms with Crippen molar-refractivity contribution in [3.05, 3.63) is 215 Å². The fourth-order valence-corrected chi connectivity index (χ4v) is 12.1. The summed E-state index contributed by atoms with van der Waals surface area (Å²) in [6.45, 7) is 0. The zero-order valence-electron chi connectivity index (χ0n) is 39.5. The molecule has 0 N–H and O–H groups in total. The van der Waals surface area contributed by atoms with Gasteiger partial charge in [-0.3, -0.25) is 9.97 Å². The summed E-state index contributed by atoms with van der Waals surface area (Å²) in [5, 5.41) is 1.71. The van der Waals surface area contributed by atoms with Gasteiger partial charge in [0.2, 0.25) is 0 Å². The average Bonchev–Trinajstić information content (AvgIpc) is 3.33.